The molecule has 0 aromatic heterocycles. The summed E-state index contributed by atoms with van der Waals surface area (Å²) >= 11 is 0. The maximum atomic E-state index is 13.6. The molecule has 1 unspecified atom stereocenters. The highest BCUT2D eigenvalue weighted by Crippen LogP contribution is 2.43. The number of aliphatic hydroxyl groups excluding tert-OH is 1. The van der Waals surface area contributed by atoms with Crippen molar-refractivity contribution in [3.8, 4) is 5.75 Å². The van der Waals surface area contributed by atoms with E-state index in [4.69, 9.17) is 4.74 Å². The third kappa shape index (κ3) is 3.49. The van der Waals surface area contributed by atoms with Crippen molar-refractivity contribution in [1.29, 1.82) is 0 Å². The first kappa shape index (κ1) is 21.4. The number of hydrogen-bond donors (Lipinski definition) is 1. The minimum atomic E-state index is -0.907. The first-order chi connectivity index (χ1) is 16.5. The number of halogens is 1. The summed E-state index contributed by atoms with van der Waals surface area (Å²) in [5, 5.41) is 13.1. The lowest BCUT2D eigenvalue weighted by atomic mass is 9.93. The lowest BCUT2D eigenvalue weighted by molar-refractivity contribution is -0.132. The van der Waals surface area contributed by atoms with Crippen molar-refractivity contribution in [2.45, 2.75) is 6.04 Å². The van der Waals surface area contributed by atoms with Gasteiger partial charge in [0.05, 0.1) is 18.7 Å². The number of Topliss-reactive ketones (excluding diaryl/α,β-unsaturated/α-hetero) is 1. The van der Waals surface area contributed by atoms with E-state index in [0.717, 1.165) is 10.8 Å². The molecule has 0 saturated carbocycles. The zero-order valence-corrected chi connectivity index (χ0v) is 18.2. The molecule has 1 heterocycles. The van der Waals surface area contributed by atoms with Crippen molar-refractivity contribution in [2.24, 2.45) is 0 Å². The van der Waals surface area contributed by atoms with Crippen LogP contribution in [0.2, 0.25) is 0 Å². The predicted molar refractivity (Wildman–Crippen MR) is 128 cm³/mol. The van der Waals surface area contributed by atoms with E-state index < -0.39 is 23.5 Å². The number of ether oxygens (including phenoxy) is 1. The van der Waals surface area contributed by atoms with E-state index in [1.54, 1.807) is 43.5 Å². The van der Waals surface area contributed by atoms with Crippen molar-refractivity contribution < 1.29 is 23.8 Å². The Morgan fingerprint density at radius 2 is 1.56 bits per heavy atom. The number of nitrogens with zero attached hydrogens (tertiary/aromatic N) is 1. The van der Waals surface area contributed by atoms with Gasteiger partial charge in [-0.1, -0.05) is 54.6 Å². The Morgan fingerprint density at radius 1 is 0.882 bits per heavy atom. The number of carbonyl (C=O) groups excluding carboxylic acids is 2. The molecule has 1 aliphatic rings. The van der Waals surface area contributed by atoms with E-state index in [9.17, 15) is 19.1 Å². The van der Waals surface area contributed by atoms with Crippen LogP contribution in [-0.2, 0) is 9.59 Å². The highest BCUT2D eigenvalue weighted by Gasteiger charge is 2.47. The first-order valence-electron chi connectivity index (χ1n) is 10.7. The number of hydrogen-bond acceptors (Lipinski definition) is 4. The number of amides is 1. The van der Waals surface area contributed by atoms with Gasteiger partial charge in [0.2, 0.25) is 0 Å². The molecule has 4 aromatic rings. The van der Waals surface area contributed by atoms with Gasteiger partial charge in [-0.25, -0.2) is 4.39 Å². The largest absolute Gasteiger partial charge is 0.507 e. The molecule has 0 radical (unpaired) electrons. The van der Waals surface area contributed by atoms with Crippen LogP contribution in [0.3, 0.4) is 0 Å². The summed E-state index contributed by atoms with van der Waals surface area (Å²) in [6, 6.07) is 24.2. The van der Waals surface area contributed by atoms with Crippen molar-refractivity contribution in [3.05, 3.63) is 114 Å². The molecule has 5 rings (SSSR count). The Morgan fingerprint density at radius 3 is 2.26 bits per heavy atom. The Hall–Kier alpha value is -4.45. The molecule has 1 amide bonds. The van der Waals surface area contributed by atoms with Crippen LogP contribution in [0.5, 0.6) is 5.75 Å². The number of benzene rings is 4. The van der Waals surface area contributed by atoms with Gasteiger partial charge in [-0.2, -0.15) is 0 Å². The quantitative estimate of drug-likeness (QED) is 0.248. The van der Waals surface area contributed by atoms with Gasteiger partial charge < -0.3 is 9.84 Å². The van der Waals surface area contributed by atoms with Gasteiger partial charge in [-0.3, -0.25) is 14.5 Å². The molecule has 0 bridgehead atoms. The van der Waals surface area contributed by atoms with Crippen LogP contribution in [-0.4, -0.2) is 23.9 Å². The van der Waals surface area contributed by atoms with Crippen molar-refractivity contribution in [3.63, 3.8) is 0 Å². The second-order valence-corrected chi connectivity index (χ2v) is 7.95. The molecule has 34 heavy (non-hydrogen) atoms. The van der Waals surface area contributed by atoms with Crippen molar-refractivity contribution in [2.75, 3.05) is 12.0 Å². The number of anilines is 1. The molecule has 1 atom stereocenters. The minimum Gasteiger partial charge on any atom is -0.507 e. The molecule has 168 valence electrons. The lowest BCUT2D eigenvalue weighted by Crippen LogP contribution is -2.29. The van der Waals surface area contributed by atoms with Crippen LogP contribution in [0, 0.1) is 5.82 Å². The molecule has 0 spiro atoms. The standard InChI is InChI=1S/C28H20FNO4/c1-34-21-15-9-18(10-16-21)25-24(26(31)23-8-4-6-17-5-2-3-7-22(17)23)27(32)28(33)30(25)20-13-11-19(29)12-14-20/h2-16,25,31H,1H3/b26-24-. The summed E-state index contributed by atoms with van der Waals surface area (Å²) in [4.78, 5) is 27.8. The summed E-state index contributed by atoms with van der Waals surface area (Å²) in [6.07, 6.45) is 0. The van der Waals surface area contributed by atoms with E-state index in [0.29, 0.717) is 22.6 Å². The highest BCUT2D eigenvalue weighted by molar-refractivity contribution is 6.51. The monoisotopic (exact) mass is 453 g/mol. The smallest absolute Gasteiger partial charge is 0.300 e. The van der Waals surface area contributed by atoms with Crippen molar-refractivity contribution in [1.82, 2.24) is 0 Å². The van der Waals surface area contributed by atoms with E-state index in [-0.39, 0.29) is 11.3 Å². The lowest BCUT2D eigenvalue weighted by Gasteiger charge is -2.25. The summed E-state index contributed by atoms with van der Waals surface area (Å²) in [5.41, 5.74) is 1.37. The summed E-state index contributed by atoms with van der Waals surface area (Å²) in [5.74, 6) is -1.72. The molecule has 5 nitrogen and oxygen atoms in total. The van der Waals surface area contributed by atoms with Gasteiger partial charge in [-0.05, 0) is 52.7 Å². The molecule has 4 aromatic carbocycles. The Kier molecular flexibility index (Phi) is 5.34. The molecule has 1 aliphatic heterocycles. The van der Waals surface area contributed by atoms with Crippen molar-refractivity contribution >= 4 is 33.9 Å². The average molecular weight is 453 g/mol. The van der Waals surface area contributed by atoms with Gasteiger partial charge in [0.1, 0.15) is 17.3 Å². The molecular formula is C28H20FNO4. The number of aliphatic hydroxyl groups is 1. The van der Waals surface area contributed by atoms with Crippen LogP contribution in [0.25, 0.3) is 16.5 Å². The summed E-state index contributed by atoms with van der Waals surface area (Å²) in [7, 11) is 1.54. The van der Waals surface area contributed by atoms with Gasteiger partial charge >= 0.3 is 0 Å². The third-order valence-corrected chi connectivity index (χ3v) is 6.03. The Balaban J connectivity index is 1.76. The fourth-order valence-electron chi connectivity index (χ4n) is 4.38. The number of rotatable bonds is 4. The number of ketones is 1. The first-order valence-corrected chi connectivity index (χ1v) is 10.7. The number of methoxy groups -OCH3 is 1. The van der Waals surface area contributed by atoms with Gasteiger partial charge in [0.25, 0.3) is 11.7 Å². The molecule has 6 heteroatoms. The zero-order chi connectivity index (χ0) is 23.8. The van der Waals surface area contributed by atoms with Crippen LogP contribution >= 0.6 is 0 Å². The Bertz CT molecular complexity index is 1440. The molecule has 0 aliphatic carbocycles. The maximum Gasteiger partial charge on any atom is 0.300 e. The maximum absolute atomic E-state index is 13.6. The van der Waals surface area contributed by atoms with Crippen LogP contribution in [0.15, 0.2) is 96.6 Å². The van der Waals surface area contributed by atoms with E-state index in [1.807, 2.05) is 30.3 Å². The molecule has 1 fully saturated rings. The molecule has 1 saturated heterocycles. The topological polar surface area (TPSA) is 66.8 Å². The minimum absolute atomic E-state index is 0.0316. The van der Waals surface area contributed by atoms with E-state index >= 15 is 0 Å². The van der Waals surface area contributed by atoms with Crippen LogP contribution in [0.1, 0.15) is 17.2 Å². The number of fused-ring (bicyclic) bond motifs is 1. The summed E-state index contributed by atoms with van der Waals surface area (Å²) < 4.78 is 18.8. The third-order valence-electron chi connectivity index (χ3n) is 6.03. The number of carbonyl (C=O) groups is 2. The molecular weight excluding hydrogens is 433 g/mol. The fourth-order valence-corrected chi connectivity index (χ4v) is 4.38. The van der Waals surface area contributed by atoms with Crippen LogP contribution < -0.4 is 9.64 Å². The van der Waals surface area contributed by atoms with Gasteiger partial charge in [0, 0.05) is 11.3 Å². The Labute approximate surface area is 195 Å². The van der Waals surface area contributed by atoms with E-state index in [1.165, 1.54) is 29.2 Å². The predicted octanol–water partition coefficient (Wildman–Crippen LogP) is 5.61. The normalized spacial score (nSPS) is 17.4. The van der Waals surface area contributed by atoms with E-state index in [2.05, 4.69) is 0 Å². The van der Waals surface area contributed by atoms with Crippen LogP contribution in [0.4, 0.5) is 10.1 Å². The summed E-state index contributed by atoms with van der Waals surface area (Å²) in [6.45, 7) is 0. The molecule has 1 N–H and O–H groups in total. The highest BCUT2D eigenvalue weighted by atomic mass is 19.1. The average Bonchev–Trinajstić information content (AvgIpc) is 3.14. The zero-order valence-electron chi connectivity index (χ0n) is 18.2. The van der Waals surface area contributed by atoms with Gasteiger partial charge in [-0.15, -0.1) is 0 Å². The SMILES string of the molecule is COc1ccc(C2/C(=C(/O)c3cccc4ccccc34)C(=O)C(=O)N2c2ccc(F)cc2)cc1. The fraction of sp³-hybridized carbons (Fsp3) is 0.0714. The second kappa shape index (κ2) is 8.48. The second-order valence-electron chi connectivity index (χ2n) is 7.95. The van der Waals surface area contributed by atoms with Gasteiger partial charge in [0.15, 0.2) is 0 Å².